The number of benzene rings is 1. The zero-order chi connectivity index (χ0) is 13.2. The summed E-state index contributed by atoms with van der Waals surface area (Å²) in [7, 11) is -3.15. The van der Waals surface area contributed by atoms with E-state index in [4.69, 9.17) is 5.26 Å². The summed E-state index contributed by atoms with van der Waals surface area (Å²) in [5, 5.41) is 8.84. The molecule has 2 aromatic rings. The first-order chi connectivity index (χ1) is 8.56. The van der Waals surface area contributed by atoms with Crippen LogP contribution in [0.15, 0.2) is 40.6 Å². The van der Waals surface area contributed by atoms with Crippen molar-refractivity contribution < 1.29 is 8.42 Å². The molecule has 0 aliphatic heterocycles. The molecule has 0 spiro atoms. The van der Waals surface area contributed by atoms with Crippen LogP contribution in [0.2, 0.25) is 0 Å². The van der Waals surface area contributed by atoms with Gasteiger partial charge in [0.25, 0.3) is 0 Å². The Morgan fingerprint density at radius 2 is 2.06 bits per heavy atom. The molecule has 3 nitrogen and oxygen atoms in total. The van der Waals surface area contributed by atoms with E-state index in [9.17, 15) is 8.42 Å². The van der Waals surface area contributed by atoms with Gasteiger partial charge in [0, 0.05) is 4.88 Å². The molecule has 0 aliphatic rings. The molecule has 0 N–H and O–H groups in total. The average Bonchev–Trinajstić information content (AvgIpc) is 2.89. The van der Waals surface area contributed by atoms with Gasteiger partial charge >= 0.3 is 0 Å². The predicted molar refractivity (Wildman–Crippen MR) is 72.2 cm³/mol. The van der Waals surface area contributed by atoms with Crippen molar-refractivity contribution in [1.29, 1.82) is 5.26 Å². The highest BCUT2D eigenvalue weighted by atomic mass is 32.2. The molecule has 0 fully saturated rings. The zero-order valence-corrected chi connectivity index (χ0v) is 11.4. The van der Waals surface area contributed by atoms with Gasteiger partial charge in [-0.25, -0.2) is 8.42 Å². The molecule has 18 heavy (non-hydrogen) atoms. The number of hydrogen-bond donors (Lipinski definition) is 0. The molecule has 0 amide bonds. The Morgan fingerprint density at radius 3 is 2.72 bits per heavy atom. The minimum atomic E-state index is -3.15. The first-order valence-corrected chi connectivity index (χ1v) is 7.87. The normalized spacial score (nSPS) is 11.1. The average molecular weight is 277 g/mol. The number of rotatable bonds is 3. The molecule has 0 saturated carbocycles. The quantitative estimate of drug-likeness (QED) is 0.866. The van der Waals surface area contributed by atoms with Gasteiger partial charge in [-0.05, 0) is 29.8 Å². The molecule has 0 bridgehead atoms. The Morgan fingerprint density at radius 1 is 1.28 bits per heavy atom. The fourth-order valence-corrected chi connectivity index (χ4v) is 3.95. The Labute approximate surface area is 110 Å². The lowest BCUT2D eigenvalue weighted by atomic mass is 10.1. The molecule has 1 aromatic carbocycles. The van der Waals surface area contributed by atoms with Gasteiger partial charge in [-0.2, -0.15) is 5.26 Å². The van der Waals surface area contributed by atoms with Crippen LogP contribution in [-0.4, -0.2) is 14.2 Å². The van der Waals surface area contributed by atoms with E-state index in [0.717, 1.165) is 10.4 Å². The highest BCUT2D eigenvalue weighted by molar-refractivity contribution is 7.93. The Hall–Kier alpha value is -1.64. The molecular weight excluding hydrogens is 266 g/mol. The van der Waals surface area contributed by atoms with Crippen LogP contribution in [0.25, 0.3) is 10.4 Å². The second-order valence-electron chi connectivity index (χ2n) is 3.71. The maximum Gasteiger partial charge on any atom is 0.187 e. The van der Waals surface area contributed by atoms with Crippen molar-refractivity contribution >= 4 is 21.2 Å². The summed E-state index contributed by atoms with van der Waals surface area (Å²) in [5.74, 6) is 0.102. The van der Waals surface area contributed by atoms with E-state index in [1.807, 2.05) is 6.07 Å². The van der Waals surface area contributed by atoms with Gasteiger partial charge in [0.1, 0.15) is 4.21 Å². The molecule has 0 unspecified atom stereocenters. The van der Waals surface area contributed by atoms with Crippen LogP contribution < -0.4 is 0 Å². The SMILES string of the molecule is CCS(=O)(=O)c1ccc(-c2cccc(C#N)c2)s1. The summed E-state index contributed by atoms with van der Waals surface area (Å²) < 4.78 is 23.8. The van der Waals surface area contributed by atoms with E-state index in [1.165, 1.54) is 11.3 Å². The van der Waals surface area contributed by atoms with Gasteiger partial charge < -0.3 is 0 Å². The fourth-order valence-electron chi connectivity index (χ4n) is 1.53. The molecule has 1 heterocycles. The van der Waals surface area contributed by atoms with Crippen molar-refractivity contribution in [1.82, 2.24) is 0 Å². The number of sulfone groups is 1. The van der Waals surface area contributed by atoms with Crippen molar-refractivity contribution in [3.8, 4) is 16.5 Å². The van der Waals surface area contributed by atoms with Crippen molar-refractivity contribution in [3.63, 3.8) is 0 Å². The van der Waals surface area contributed by atoms with E-state index in [0.29, 0.717) is 9.77 Å². The van der Waals surface area contributed by atoms with E-state index in [-0.39, 0.29) is 5.75 Å². The third-order valence-electron chi connectivity index (χ3n) is 2.54. The summed E-state index contributed by atoms with van der Waals surface area (Å²) in [5.41, 5.74) is 1.44. The smallest absolute Gasteiger partial charge is 0.187 e. The van der Waals surface area contributed by atoms with Crippen molar-refractivity contribution in [2.75, 3.05) is 5.75 Å². The largest absolute Gasteiger partial charge is 0.223 e. The minimum Gasteiger partial charge on any atom is -0.223 e. The first-order valence-electron chi connectivity index (χ1n) is 5.40. The monoisotopic (exact) mass is 277 g/mol. The highest BCUT2D eigenvalue weighted by Crippen LogP contribution is 2.31. The van der Waals surface area contributed by atoms with E-state index in [1.54, 1.807) is 37.3 Å². The minimum absolute atomic E-state index is 0.102. The number of hydrogen-bond acceptors (Lipinski definition) is 4. The number of thiophene rings is 1. The summed E-state index contributed by atoms with van der Waals surface area (Å²) in [6.07, 6.45) is 0. The van der Waals surface area contributed by atoms with Crippen LogP contribution in [0.1, 0.15) is 12.5 Å². The van der Waals surface area contributed by atoms with Crippen LogP contribution in [0.5, 0.6) is 0 Å². The highest BCUT2D eigenvalue weighted by Gasteiger charge is 2.15. The third kappa shape index (κ3) is 2.45. The van der Waals surface area contributed by atoms with Crippen LogP contribution in [0.4, 0.5) is 0 Å². The van der Waals surface area contributed by atoms with E-state index >= 15 is 0 Å². The molecule has 2 rings (SSSR count). The lowest BCUT2D eigenvalue weighted by molar-refractivity contribution is 0.599. The predicted octanol–water partition coefficient (Wildman–Crippen LogP) is 3.08. The van der Waals surface area contributed by atoms with Gasteiger partial charge in [-0.1, -0.05) is 19.1 Å². The lowest BCUT2D eigenvalue weighted by Gasteiger charge is -1.98. The molecule has 0 radical (unpaired) electrons. The molecule has 0 aliphatic carbocycles. The van der Waals surface area contributed by atoms with Gasteiger partial charge in [-0.3, -0.25) is 0 Å². The Kier molecular flexibility index (Phi) is 3.50. The van der Waals surface area contributed by atoms with E-state index < -0.39 is 9.84 Å². The van der Waals surface area contributed by atoms with Crippen LogP contribution in [-0.2, 0) is 9.84 Å². The molecule has 0 atom stereocenters. The lowest BCUT2D eigenvalue weighted by Crippen LogP contribution is -2.00. The van der Waals surface area contributed by atoms with E-state index in [2.05, 4.69) is 6.07 Å². The number of nitrogens with zero attached hydrogens (tertiary/aromatic N) is 1. The first kappa shape index (κ1) is 12.8. The molecule has 1 aromatic heterocycles. The van der Waals surface area contributed by atoms with Crippen molar-refractivity contribution in [2.45, 2.75) is 11.1 Å². The maximum absolute atomic E-state index is 11.7. The third-order valence-corrected chi connectivity index (χ3v) is 5.99. The molecular formula is C13H11NO2S2. The fraction of sp³-hybridized carbons (Fsp3) is 0.154. The summed E-state index contributed by atoms with van der Waals surface area (Å²) in [4.78, 5) is 0.860. The van der Waals surface area contributed by atoms with Crippen molar-refractivity contribution in [3.05, 3.63) is 42.0 Å². The standard InChI is InChI=1S/C13H11NO2S2/c1-2-18(15,16)13-7-6-12(17-13)11-5-3-4-10(8-11)9-14/h3-8H,2H2,1H3. The van der Waals surface area contributed by atoms with Gasteiger partial charge in [0.2, 0.25) is 0 Å². The molecule has 92 valence electrons. The van der Waals surface area contributed by atoms with Gasteiger partial charge in [-0.15, -0.1) is 11.3 Å². The summed E-state index contributed by atoms with van der Waals surface area (Å²) in [6, 6.07) is 12.6. The maximum atomic E-state index is 11.7. The number of nitriles is 1. The summed E-state index contributed by atoms with van der Waals surface area (Å²) in [6.45, 7) is 1.63. The van der Waals surface area contributed by atoms with Gasteiger partial charge in [0.15, 0.2) is 9.84 Å². The van der Waals surface area contributed by atoms with Crippen LogP contribution >= 0.6 is 11.3 Å². The molecule has 0 saturated heterocycles. The zero-order valence-electron chi connectivity index (χ0n) is 9.75. The summed E-state index contributed by atoms with van der Waals surface area (Å²) >= 11 is 1.24. The topological polar surface area (TPSA) is 57.9 Å². The van der Waals surface area contributed by atoms with Gasteiger partial charge in [0.05, 0.1) is 17.4 Å². The van der Waals surface area contributed by atoms with Crippen molar-refractivity contribution in [2.24, 2.45) is 0 Å². The Bertz CT molecular complexity index is 709. The Balaban J connectivity index is 2.45. The second-order valence-corrected chi connectivity index (χ2v) is 7.30. The molecule has 5 heteroatoms. The van der Waals surface area contributed by atoms with Crippen LogP contribution in [0, 0.1) is 11.3 Å². The second kappa shape index (κ2) is 4.92. The van der Waals surface area contributed by atoms with Crippen LogP contribution in [0.3, 0.4) is 0 Å².